The Morgan fingerprint density at radius 2 is 1.97 bits per heavy atom. The number of urea groups is 1. The number of oxazole rings is 1. The van der Waals surface area contributed by atoms with Crippen LogP contribution in [0.2, 0.25) is 5.02 Å². The topological polar surface area (TPSA) is 102 Å². The van der Waals surface area contributed by atoms with Gasteiger partial charge in [-0.15, -0.1) is 0 Å². The fraction of sp³-hybridized carbons (Fsp3) is 0.333. The van der Waals surface area contributed by atoms with Crippen molar-refractivity contribution in [1.82, 2.24) is 9.47 Å². The van der Waals surface area contributed by atoms with Crippen LogP contribution in [-0.4, -0.2) is 41.0 Å². The van der Waals surface area contributed by atoms with E-state index >= 15 is 0 Å². The van der Waals surface area contributed by atoms with Gasteiger partial charge in [-0.1, -0.05) is 23.7 Å². The fourth-order valence-electron chi connectivity index (χ4n) is 4.89. The highest BCUT2D eigenvalue weighted by molar-refractivity contribution is 6.31. The molecule has 0 bridgehead atoms. The molecule has 0 spiro atoms. The van der Waals surface area contributed by atoms with Crippen molar-refractivity contribution in [3.63, 3.8) is 0 Å². The Hall–Kier alpha value is -3.59. The molecule has 1 saturated heterocycles. The second-order valence-electron chi connectivity index (χ2n) is 8.47. The van der Waals surface area contributed by atoms with E-state index in [-0.39, 0.29) is 6.54 Å². The van der Waals surface area contributed by atoms with Crippen molar-refractivity contribution >= 4 is 46.3 Å². The van der Waals surface area contributed by atoms with Crippen molar-refractivity contribution in [3.05, 3.63) is 63.1 Å². The number of ether oxygens (including phenoxy) is 1. The molecule has 2 atom stereocenters. The number of anilines is 1. The van der Waals surface area contributed by atoms with E-state index in [4.69, 9.17) is 20.8 Å². The highest BCUT2D eigenvalue weighted by Crippen LogP contribution is 2.40. The van der Waals surface area contributed by atoms with Crippen molar-refractivity contribution in [1.29, 1.82) is 0 Å². The first-order valence-corrected chi connectivity index (χ1v) is 11.3. The molecular formula is C24H22ClN3O6. The summed E-state index contributed by atoms with van der Waals surface area (Å²) in [6, 6.07) is 9.20. The summed E-state index contributed by atoms with van der Waals surface area (Å²) in [5, 5.41) is 0.588. The third kappa shape index (κ3) is 3.38. The van der Waals surface area contributed by atoms with Gasteiger partial charge in [-0.3, -0.25) is 24.0 Å². The molecule has 0 radical (unpaired) electrons. The van der Waals surface area contributed by atoms with Crippen LogP contribution in [0.5, 0.6) is 0 Å². The zero-order valence-corrected chi connectivity index (χ0v) is 19.4. The first-order chi connectivity index (χ1) is 16.3. The van der Waals surface area contributed by atoms with Gasteiger partial charge in [0.05, 0.1) is 25.2 Å². The number of rotatable bonds is 3. The van der Waals surface area contributed by atoms with E-state index in [1.165, 1.54) is 16.6 Å². The molecule has 1 unspecified atom stereocenters. The van der Waals surface area contributed by atoms with E-state index in [1.54, 1.807) is 37.4 Å². The van der Waals surface area contributed by atoms with E-state index in [0.29, 0.717) is 28.2 Å². The number of nitrogens with zero attached hydrogens (tertiary/aromatic N) is 3. The lowest BCUT2D eigenvalue weighted by Gasteiger charge is -2.42. The molecule has 1 fully saturated rings. The van der Waals surface area contributed by atoms with Gasteiger partial charge in [-0.25, -0.2) is 9.59 Å². The summed E-state index contributed by atoms with van der Waals surface area (Å²) in [7, 11) is 2.79. The van der Waals surface area contributed by atoms with Gasteiger partial charge in [0, 0.05) is 23.8 Å². The quantitative estimate of drug-likeness (QED) is 0.418. The Kier molecular flexibility index (Phi) is 5.44. The molecule has 10 heteroatoms. The summed E-state index contributed by atoms with van der Waals surface area (Å²) < 4.78 is 11.5. The predicted molar refractivity (Wildman–Crippen MR) is 124 cm³/mol. The number of methoxy groups -OCH3 is 1. The Bertz CT molecular complexity index is 1390. The average molecular weight is 484 g/mol. The summed E-state index contributed by atoms with van der Waals surface area (Å²) in [6.07, 6.45) is 2.04. The Labute approximate surface area is 199 Å². The molecule has 3 amide bonds. The van der Waals surface area contributed by atoms with Crippen molar-refractivity contribution in [2.45, 2.75) is 25.3 Å². The number of halogens is 1. The monoisotopic (exact) mass is 483 g/mol. The number of aromatic nitrogens is 1. The molecule has 176 valence electrons. The molecule has 2 heterocycles. The lowest BCUT2D eigenvalue weighted by Crippen LogP contribution is -2.60. The molecule has 2 aliphatic rings. The van der Waals surface area contributed by atoms with Crippen LogP contribution in [-0.2, 0) is 27.8 Å². The number of esters is 1. The largest absolute Gasteiger partial charge is 0.468 e. The first-order valence-electron chi connectivity index (χ1n) is 10.9. The third-order valence-corrected chi connectivity index (χ3v) is 7.00. The highest BCUT2D eigenvalue weighted by Gasteiger charge is 2.48. The zero-order chi connectivity index (χ0) is 24.1. The molecule has 3 aromatic rings. The molecular weight excluding hydrogens is 462 g/mol. The Balaban J connectivity index is 1.61. The summed E-state index contributed by atoms with van der Waals surface area (Å²) in [5.74, 6) is -3.04. The fourth-order valence-corrected chi connectivity index (χ4v) is 5.17. The molecule has 1 aliphatic carbocycles. The van der Waals surface area contributed by atoms with Crippen LogP contribution < -0.4 is 10.7 Å². The van der Waals surface area contributed by atoms with Gasteiger partial charge in [0.25, 0.3) is 0 Å². The minimum atomic E-state index is -1.19. The second kappa shape index (κ2) is 8.32. The van der Waals surface area contributed by atoms with E-state index in [2.05, 4.69) is 0 Å². The normalized spacial score (nSPS) is 20.6. The number of carbonyl (C=O) groups excluding carboxylic acids is 3. The number of aryl methyl sites for hydroxylation is 1. The zero-order valence-electron chi connectivity index (χ0n) is 18.6. The number of amides is 3. The Morgan fingerprint density at radius 1 is 1.18 bits per heavy atom. The van der Waals surface area contributed by atoms with Gasteiger partial charge in [0.15, 0.2) is 11.5 Å². The standard InChI is InChI=1S/C24H22ClN3O6/c1-26-19-10-9-13(11-20(19)34-24(26)32)27-12-16(22(30)33-2)21(29)28(23(27)31)18-8-4-5-14-15(18)6-3-7-17(14)25/h3,6-7,9-11,16,18H,4-5,8,12H2,1-2H3/t16?,18-/m1/s1. The van der Waals surface area contributed by atoms with Crippen molar-refractivity contribution < 1.29 is 23.5 Å². The summed E-state index contributed by atoms with van der Waals surface area (Å²) in [6.45, 7) is -0.182. The van der Waals surface area contributed by atoms with E-state index in [9.17, 15) is 19.2 Å². The lowest BCUT2D eigenvalue weighted by molar-refractivity contribution is -0.153. The predicted octanol–water partition coefficient (Wildman–Crippen LogP) is 3.42. The SMILES string of the molecule is COC(=O)C1CN(c2ccc3c(c2)oc(=O)n3C)C(=O)N([C@@H]2CCCc3c(Cl)cccc32)C1=O. The molecule has 34 heavy (non-hydrogen) atoms. The van der Waals surface area contributed by atoms with Crippen LogP contribution in [0, 0.1) is 5.92 Å². The average Bonchev–Trinajstić information content (AvgIpc) is 3.12. The smallest absolute Gasteiger partial charge is 0.419 e. The molecule has 5 rings (SSSR count). The van der Waals surface area contributed by atoms with Crippen molar-refractivity contribution in [3.8, 4) is 0 Å². The van der Waals surface area contributed by atoms with Gasteiger partial charge in [-0.2, -0.15) is 0 Å². The summed E-state index contributed by atoms with van der Waals surface area (Å²) in [5.41, 5.74) is 2.97. The van der Waals surface area contributed by atoms with Gasteiger partial charge in [-0.05, 0) is 48.6 Å². The van der Waals surface area contributed by atoms with Crippen molar-refractivity contribution in [2.75, 3.05) is 18.6 Å². The maximum Gasteiger partial charge on any atom is 0.419 e. The minimum absolute atomic E-state index is 0.182. The van der Waals surface area contributed by atoms with E-state index in [0.717, 1.165) is 28.9 Å². The summed E-state index contributed by atoms with van der Waals surface area (Å²) in [4.78, 5) is 54.2. The number of benzene rings is 2. The van der Waals surface area contributed by atoms with Crippen LogP contribution in [0.4, 0.5) is 10.5 Å². The molecule has 9 nitrogen and oxygen atoms in total. The number of fused-ring (bicyclic) bond motifs is 2. The van der Waals surface area contributed by atoms with E-state index < -0.39 is 35.6 Å². The Morgan fingerprint density at radius 3 is 2.74 bits per heavy atom. The van der Waals surface area contributed by atoms with Crippen LogP contribution in [0.1, 0.15) is 30.0 Å². The summed E-state index contributed by atoms with van der Waals surface area (Å²) >= 11 is 6.40. The molecule has 0 N–H and O–H groups in total. The van der Waals surface area contributed by atoms with Crippen LogP contribution in [0.15, 0.2) is 45.6 Å². The number of carbonyl (C=O) groups is 3. The van der Waals surface area contributed by atoms with Crippen LogP contribution in [0.25, 0.3) is 11.1 Å². The number of imide groups is 1. The molecule has 0 saturated carbocycles. The number of hydrogen-bond acceptors (Lipinski definition) is 6. The minimum Gasteiger partial charge on any atom is -0.468 e. The van der Waals surface area contributed by atoms with Gasteiger partial charge >= 0.3 is 17.8 Å². The lowest BCUT2D eigenvalue weighted by atomic mass is 9.85. The second-order valence-corrected chi connectivity index (χ2v) is 8.88. The van der Waals surface area contributed by atoms with Crippen LogP contribution in [0.3, 0.4) is 0 Å². The first kappa shape index (κ1) is 22.2. The molecule has 1 aliphatic heterocycles. The van der Waals surface area contributed by atoms with Gasteiger partial charge in [0.1, 0.15) is 0 Å². The number of hydrogen-bond donors (Lipinski definition) is 0. The van der Waals surface area contributed by atoms with Crippen LogP contribution >= 0.6 is 11.6 Å². The molecule has 1 aromatic heterocycles. The van der Waals surface area contributed by atoms with E-state index in [1.807, 2.05) is 6.07 Å². The highest BCUT2D eigenvalue weighted by atomic mass is 35.5. The van der Waals surface area contributed by atoms with Gasteiger partial charge in [0.2, 0.25) is 5.91 Å². The third-order valence-electron chi connectivity index (χ3n) is 6.64. The maximum absolute atomic E-state index is 13.7. The van der Waals surface area contributed by atoms with Gasteiger partial charge < -0.3 is 9.15 Å². The molecule has 2 aromatic carbocycles. The maximum atomic E-state index is 13.7. The van der Waals surface area contributed by atoms with Crippen molar-refractivity contribution in [2.24, 2.45) is 13.0 Å².